The lowest BCUT2D eigenvalue weighted by Crippen LogP contribution is -2.11. The highest BCUT2D eigenvalue weighted by Gasteiger charge is 2.13. The zero-order chi connectivity index (χ0) is 10.6. The fourth-order valence-electron chi connectivity index (χ4n) is 1.80. The molecule has 1 aromatic heterocycles. The minimum Gasteiger partial charge on any atom is -0.393 e. The van der Waals surface area contributed by atoms with Crippen molar-refractivity contribution in [2.45, 2.75) is 52.2 Å². The van der Waals surface area contributed by atoms with E-state index in [4.69, 9.17) is 0 Å². The summed E-state index contributed by atoms with van der Waals surface area (Å²) in [7, 11) is 0. The first-order valence-electron chi connectivity index (χ1n) is 5.34. The molecule has 2 unspecified atom stereocenters. The third-order valence-corrected chi connectivity index (χ3v) is 2.35. The number of aliphatic hydroxyl groups excluding tert-OH is 1. The van der Waals surface area contributed by atoms with Crippen molar-refractivity contribution in [2.24, 2.45) is 0 Å². The van der Waals surface area contributed by atoms with Gasteiger partial charge in [-0.1, -0.05) is 13.8 Å². The van der Waals surface area contributed by atoms with Crippen molar-refractivity contribution in [3.05, 3.63) is 18.2 Å². The summed E-state index contributed by atoms with van der Waals surface area (Å²) >= 11 is 0. The third kappa shape index (κ3) is 2.84. The highest BCUT2D eigenvalue weighted by Crippen LogP contribution is 2.19. The summed E-state index contributed by atoms with van der Waals surface area (Å²) in [6, 6.07) is 0. The van der Waals surface area contributed by atoms with E-state index in [2.05, 4.69) is 23.4 Å². The fourth-order valence-corrected chi connectivity index (χ4v) is 1.80. The Labute approximate surface area is 85.8 Å². The first kappa shape index (κ1) is 11.2. The highest BCUT2D eigenvalue weighted by atomic mass is 16.3. The molecule has 0 radical (unpaired) electrons. The van der Waals surface area contributed by atoms with Gasteiger partial charge in [-0.25, -0.2) is 4.98 Å². The Bertz CT molecular complexity index is 268. The van der Waals surface area contributed by atoms with Gasteiger partial charge in [0.1, 0.15) is 5.82 Å². The molecule has 0 bridgehead atoms. The second kappa shape index (κ2) is 5.15. The lowest BCUT2D eigenvalue weighted by atomic mass is 10.0. The Balaban J connectivity index is 2.68. The van der Waals surface area contributed by atoms with Crippen LogP contribution in [0, 0.1) is 0 Å². The van der Waals surface area contributed by atoms with E-state index in [-0.39, 0.29) is 6.10 Å². The number of aliphatic hydroxyl groups is 1. The topological polar surface area (TPSA) is 38.0 Å². The van der Waals surface area contributed by atoms with Crippen molar-refractivity contribution in [1.82, 2.24) is 9.55 Å². The second-order valence-electron chi connectivity index (χ2n) is 3.96. The summed E-state index contributed by atoms with van der Waals surface area (Å²) in [6.07, 6.45) is 5.49. The minimum atomic E-state index is -0.253. The zero-order valence-electron chi connectivity index (χ0n) is 9.27. The molecule has 0 aliphatic rings. The summed E-state index contributed by atoms with van der Waals surface area (Å²) in [4.78, 5) is 4.34. The van der Waals surface area contributed by atoms with Gasteiger partial charge in [0.05, 0.1) is 6.10 Å². The first-order chi connectivity index (χ1) is 6.65. The molecule has 0 saturated carbocycles. The molecule has 1 aromatic rings. The average molecular weight is 196 g/mol. The fraction of sp³-hybridized carbons (Fsp3) is 0.727. The number of nitrogens with zero attached hydrogens (tertiary/aromatic N) is 2. The summed E-state index contributed by atoms with van der Waals surface area (Å²) in [5.41, 5.74) is 0. The van der Waals surface area contributed by atoms with Gasteiger partial charge < -0.3 is 9.67 Å². The maximum atomic E-state index is 9.31. The van der Waals surface area contributed by atoms with Crippen LogP contribution in [0.3, 0.4) is 0 Å². The van der Waals surface area contributed by atoms with Crippen molar-refractivity contribution in [3.8, 4) is 0 Å². The van der Waals surface area contributed by atoms with Crippen LogP contribution in [0.5, 0.6) is 0 Å². The molecule has 3 heteroatoms. The summed E-state index contributed by atoms with van der Waals surface area (Å²) < 4.78 is 2.17. The van der Waals surface area contributed by atoms with E-state index in [0.29, 0.717) is 5.92 Å². The van der Waals surface area contributed by atoms with Crippen molar-refractivity contribution in [1.29, 1.82) is 0 Å². The second-order valence-corrected chi connectivity index (χ2v) is 3.96. The molecular formula is C11H20N2O. The summed E-state index contributed by atoms with van der Waals surface area (Å²) in [5, 5.41) is 9.31. The van der Waals surface area contributed by atoms with Gasteiger partial charge >= 0.3 is 0 Å². The van der Waals surface area contributed by atoms with Gasteiger partial charge in [-0.3, -0.25) is 0 Å². The molecule has 0 saturated heterocycles. The van der Waals surface area contributed by atoms with E-state index < -0.39 is 0 Å². The zero-order valence-corrected chi connectivity index (χ0v) is 9.27. The monoisotopic (exact) mass is 196 g/mol. The highest BCUT2D eigenvalue weighted by molar-refractivity contribution is 4.99. The van der Waals surface area contributed by atoms with Crippen molar-refractivity contribution in [3.63, 3.8) is 0 Å². The van der Waals surface area contributed by atoms with Crippen LogP contribution in [0.1, 0.15) is 45.4 Å². The van der Waals surface area contributed by atoms with Crippen LogP contribution in [0.4, 0.5) is 0 Å². The van der Waals surface area contributed by atoms with E-state index in [1.165, 1.54) is 0 Å². The van der Waals surface area contributed by atoms with Gasteiger partial charge in [0.25, 0.3) is 0 Å². The number of aryl methyl sites for hydroxylation is 1. The number of rotatable bonds is 5. The van der Waals surface area contributed by atoms with Crippen LogP contribution in [0.25, 0.3) is 0 Å². The SMILES string of the molecule is CCCn1ccnc1C(C)CC(C)O. The Kier molecular flexibility index (Phi) is 4.14. The van der Waals surface area contributed by atoms with Gasteiger partial charge in [0.15, 0.2) is 0 Å². The molecule has 14 heavy (non-hydrogen) atoms. The smallest absolute Gasteiger partial charge is 0.111 e. The minimum absolute atomic E-state index is 0.253. The van der Waals surface area contributed by atoms with Crippen LogP contribution in [-0.4, -0.2) is 20.8 Å². The average Bonchev–Trinajstić information content (AvgIpc) is 2.51. The van der Waals surface area contributed by atoms with E-state index >= 15 is 0 Å². The molecule has 0 amide bonds. The van der Waals surface area contributed by atoms with Gasteiger partial charge in [-0.15, -0.1) is 0 Å². The van der Waals surface area contributed by atoms with Gasteiger partial charge in [-0.2, -0.15) is 0 Å². The van der Waals surface area contributed by atoms with Crippen molar-refractivity contribution >= 4 is 0 Å². The quantitative estimate of drug-likeness (QED) is 0.783. The largest absolute Gasteiger partial charge is 0.393 e. The molecule has 3 nitrogen and oxygen atoms in total. The Hall–Kier alpha value is -0.830. The molecule has 0 aromatic carbocycles. The molecular weight excluding hydrogens is 176 g/mol. The van der Waals surface area contributed by atoms with E-state index in [9.17, 15) is 5.11 Å². The van der Waals surface area contributed by atoms with Gasteiger partial charge in [0.2, 0.25) is 0 Å². The molecule has 1 rings (SSSR count). The predicted octanol–water partition coefficient (Wildman–Crippen LogP) is 2.17. The molecule has 0 spiro atoms. The molecule has 80 valence electrons. The molecule has 2 atom stereocenters. The summed E-state index contributed by atoms with van der Waals surface area (Å²) in [5.74, 6) is 1.42. The molecule has 0 fully saturated rings. The Morgan fingerprint density at radius 2 is 2.21 bits per heavy atom. The van der Waals surface area contributed by atoms with E-state index in [1.807, 2.05) is 19.3 Å². The first-order valence-corrected chi connectivity index (χ1v) is 5.34. The lowest BCUT2D eigenvalue weighted by Gasteiger charge is -2.14. The maximum Gasteiger partial charge on any atom is 0.111 e. The third-order valence-electron chi connectivity index (χ3n) is 2.35. The van der Waals surface area contributed by atoms with Crippen molar-refractivity contribution < 1.29 is 5.11 Å². The number of hydrogen-bond acceptors (Lipinski definition) is 2. The molecule has 1 N–H and O–H groups in total. The van der Waals surface area contributed by atoms with Crippen LogP contribution in [0.15, 0.2) is 12.4 Å². The summed E-state index contributed by atoms with van der Waals surface area (Å²) in [6.45, 7) is 7.10. The van der Waals surface area contributed by atoms with Gasteiger partial charge in [0, 0.05) is 24.9 Å². The lowest BCUT2D eigenvalue weighted by molar-refractivity contribution is 0.174. The van der Waals surface area contributed by atoms with E-state index in [1.54, 1.807) is 0 Å². The Morgan fingerprint density at radius 3 is 2.79 bits per heavy atom. The molecule has 1 heterocycles. The predicted molar refractivity (Wildman–Crippen MR) is 57.2 cm³/mol. The van der Waals surface area contributed by atoms with Crippen LogP contribution >= 0.6 is 0 Å². The number of imidazole rings is 1. The number of hydrogen-bond donors (Lipinski definition) is 1. The van der Waals surface area contributed by atoms with Crippen LogP contribution < -0.4 is 0 Å². The normalized spacial score (nSPS) is 15.4. The number of aromatic nitrogens is 2. The van der Waals surface area contributed by atoms with Crippen LogP contribution in [0.2, 0.25) is 0 Å². The van der Waals surface area contributed by atoms with Crippen molar-refractivity contribution in [2.75, 3.05) is 0 Å². The Morgan fingerprint density at radius 1 is 1.50 bits per heavy atom. The van der Waals surface area contributed by atoms with Crippen LogP contribution in [-0.2, 0) is 6.54 Å². The standard InChI is InChI=1S/C11H20N2O/c1-4-6-13-7-5-12-11(13)9(2)8-10(3)14/h5,7,9-10,14H,4,6,8H2,1-3H3. The molecule has 0 aliphatic carbocycles. The molecule has 0 aliphatic heterocycles. The van der Waals surface area contributed by atoms with E-state index in [0.717, 1.165) is 25.2 Å². The van der Waals surface area contributed by atoms with Gasteiger partial charge in [-0.05, 0) is 19.8 Å². The maximum absolute atomic E-state index is 9.31.